The Hall–Kier alpha value is -2.09. The van der Waals surface area contributed by atoms with Crippen LogP contribution in [0.3, 0.4) is 0 Å². The minimum atomic E-state index is -3.47. The molecule has 1 aromatic carbocycles. The summed E-state index contributed by atoms with van der Waals surface area (Å²) in [6.45, 7) is 3.47. The van der Waals surface area contributed by atoms with Gasteiger partial charge in [0.05, 0.1) is 6.61 Å². The van der Waals surface area contributed by atoms with Gasteiger partial charge in [0.1, 0.15) is 6.61 Å². The van der Waals surface area contributed by atoms with Gasteiger partial charge in [0.2, 0.25) is 0 Å². The van der Waals surface area contributed by atoms with Crippen LogP contribution >= 0.6 is 0 Å². The smallest absolute Gasteiger partial charge is 0.410 e. The van der Waals surface area contributed by atoms with E-state index in [1.165, 1.54) is 0 Å². The van der Waals surface area contributed by atoms with E-state index in [-0.39, 0.29) is 19.3 Å². The molecule has 30 heavy (non-hydrogen) atoms. The molecule has 1 aliphatic heterocycles. The number of carbonyl (C=O) groups is 2. The van der Waals surface area contributed by atoms with E-state index in [0.29, 0.717) is 31.8 Å². The van der Waals surface area contributed by atoms with Crippen LogP contribution in [0.2, 0.25) is 0 Å². The van der Waals surface area contributed by atoms with Crippen molar-refractivity contribution in [3.8, 4) is 0 Å². The fourth-order valence-corrected chi connectivity index (χ4v) is 4.73. The molecule has 2 rings (SSSR count). The average molecular weight is 440 g/mol. The zero-order valence-corrected chi connectivity index (χ0v) is 18.7. The number of unbranched alkanes of at least 4 members (excludes halogenated alkanes) is 1. The van der Waals surface area contributed by atoms with Crippen LogP contribution in [-0.4, -0.2) is 56.6 Å². The van der Waals surface area contributed by atoms with Gasteiger partial charge in [-0.25, -0.2) is 13.2 Å². The Morgan fingerprint density at radius 1 is 1.10 bits per heavy atom. The maximum absolute atomic E-state index is 12.2. The van der Waals surface area contributed by atoms with Gasteiger partial charge in [-0.05, 0) is 37.7 Å². The standard InChI is InChI=1S/C22H33NO6S/c1-3-28-21(24)20(30(2,26)27)12-8-7-9-18-13-15-23(16-14-18)22(25)29-17-19-10-5-4-6-11-19/h4-6,10-11,18,20H,3,7-9,12-17H2,1-2H3. The highest BCUT2D eigenvalue weighted by Crippen LogP contribution is 2.24. The van der Waals surface area contributed by atoms with Gasteiger partial charge < -0.3 is 14.4 Å². The monoisotopic (exact) mass is 439 g/mol. The first-order valence-electron chi connectivity index (χ1n) is 10.6. The first kappa shape index (κ1) is 24.2. The molecule has 7 nitrogen and oxygen atoms in total. The van der Waals surface area contributed by atoms with Crippen molar-refractivity contribution in [2.45, 2.75) is 57.3 Å². The third-order valence-corrected chi connectivity index (χ3v) is 6.93. The Morgan fingerprint density at radius 2 is 1.77 bits per heavy atom. The lowest BCUT2D eigenvalue weighted by molar-refractivity contribution is -0.142. The predicted molar refractivity (Wildman–Crippen MR) is 115 cm³/mol. The second-order valence-corrected chi connectivity index (χ2v) is 10.1. The molecular weight excluding hydrogens is 406 g/mol. The summed E-state index contributed by atoms with van der Waals surface area (Å²) in [5.41, 5.74) is 0.968. The number of rotatable bonds is 10. The van der Waals surface area contributed by atoms with Crippen LogP contribution in [0.1, 0.15) is 51.0 Å². The van der Waals surface area contributed by atoms with Gasteiger partial charge in [0, 0.05) is 19.3 Å². The summed E-state index contributed by atoms with van der Waals surface area (Å²) in [6.07, 6.45) is 5.41. The van der Waals surface area contributed by atoms with Gasteiger partial charge in [-0.3, -0.25) is 4.79 Å². The molecule has 1 atom stereocenters. The van der Waals surface area contributed by atoms with E-state index in [1.54, 1.807) is 11.8 Å². The number of likely N-dealkylation sites (tertiary alicyclic amines) is 1. The van der Waals surface area contributed by atoms with E-state index >= 15 is 0 Å². The third-order valence-electron chi connectivity index (χ3n) is 5.47. The van der Waals surface area contributed by atoms with Gasteiger partial charge in [0.15, 0.2) is 15.1 Å². The lowest BCUT2D eigenvalue weighted by atomic mass is 9.91. The molecule has 1 aromatic rings. The van der Waals surface area contributed by atoms with Crippen molar-refractivity contribution in [2.24, 2.45) is 5.92 Å². The predicted octanol–water partition coefficient (Wildman–Crippen LogP) is 3.57. The van der Waals surface area contributed by atoms with Crippen LogP contribution < -0.4 is 0 Å². The fraction of sp³-hybridized carbons (Fsp3) is 0.636. The van der Waals surface area contributed by atoms with Crippen molar-refractivity contribution >= 4 is 21.9 Å². The van der Waals surface area contributed by atoms with E-state index in [4.69, 9.17) is 9.47 Å². The van der Waals surface area contributed by atoms with E-state index in [1.807, 2.05) is 30.3 Å². The van der Waals surface area contributed by atoms with Crippen LogP contribution in [0.25, 0.3) is 0 Å². The van der Waals surface area contributed by atoms with Crippen LogP contribution in [-0.2, 0) is 30.7 Å². The topological polar surface area (TPSA) is 90.0 Å². The lowest BCUT2D eigenvalue weighted by Gasteiger charge is -2.31. The SMILES string of the molecule is CCOC(=O)C(CCCCC1CCN(C(=O)OCc2ccccc2)CC1)S(C)(=O)=O. The van der Waals surface area contributed by atoms with Crippen LogP contribution in [0, 0.1) is 5.92 Å². The second kappa shape index (κ2) is 11.9. The summed E-state index contributed by atoms with van der Waals surface area (Å²) in [7, 11) is -3.47. The van der Waals surface area contributed by atoms with Crippen molar-refractivity contribution in [1.82, 2.24) is 4.90 Å². The van der Waals surface area contributed by atoms with Gasteiger partial charge in [-0.15, -0.1) is 0 Å². The Morgan fingerprint density at radius 3 is 2.37 bits per heavy atom. The molecule has 8 heteroatoms. The third kappa shape index (κ3) is 7.97. The van der Waals surface area contributed by atoms with Gasteiger partial charge >= 0.3 is 12.1 Å². The Labute approximate surface area is 179 Å². The molecule has 1 unspecified atom stereocenters. The number of sulfone groups is 1. The average Bonchev–Trinajstić information content (AvgIpc) is 2.72. The van der Waals surface area contributed by atoms with E-state index < -0.39 is 21.1 Å². The normalized spacial score (nSPS) is 16.1. The molecule has 0 radical (unpaired) electrons. The van der Waals surface area contributed by atoms with Gasteiger partial charge in [-0.2, -0.15) is 0 Å². The Kier molecular flexibility index (Phi) is 9.62. The molecule has 168 valence electrons. The number of esters is 1. The Balaban J connectivity index is 1.66. The van der Waals surface area contributed by atoms with E-state index in [2.05, 4.69) is 0 Å². The summed E-state index contributed by atoms with van der Waals surface area (Å²) >= 11 is 0. The molecule has 1 aliphatic rings. The minimum Gasteiger partial charge on any atom is -0.465 e. The number of carbonyl (C=O) groups excluding carboxylic acids is 2. The maximum atomic E-state index is 12.2. The summed E-state index contributed by atoms with van der Waals surface area (Å²) in [5, 5.41) is -1.07. The number of hydrogen-bond donors (Lipinski definition) is 0. The maximum Gasteiger partial charge on any atom is 0.410 e. The number of piperidine rings is 1. The largest absolute Gasteiger partial charge is 0.465 e. The molecular formula is C22H33NO6S. The van der Waals surface area contributed by atoms with E-state index in [9.17, 15) is 18.0 Å². The first-order chi connectivity index (χ1) is 14.3. The summed E-state index contributed by atoms with van der Waals surface area (Å²) < 4.78 is 34.0. The van der Waals surface area contributed by atoms with E-state index in [0.717, 1.165) is 37.5 Å². The number of benzene rings is 1. The van der Waals surface area contributed by atoms with Crippen molar-refractivity contribution in [3.63, 3.8) is 0 Å². The van der Waals surface area contributed by atoms with Crippen LogP contribution in [0.4, 0.5) is 4.79 Å². The van der Waals surface area contributed by atoms with Crippen molar-refractivity contribution in [3.05, 3.63) is 35.9 Å². The molecule has 1 heterocycles. The Bertz CT molecular complexity index is 772. The molecule has 1 fully saturated rings. The molecule has 0 saturated carbocycles. The zero-order valence-electron chi connectivity index (χ0n) is 17.9. The minimum absolute atomic E-state index is 0.178. The number of nitrogens with zero attached hydrogens (tertiary/aromatic N) is 1. The second-order valence-electron chi connectivity index (χ2n) is 7.83. The molecule has 0 spiro atoms. The molecule has 0 N–H and O–H groups in total. The zero-order chi connectivity index (χ0) is 22.0. The molecule has 0 aromatic heterocycles. The quantitative estimate of drug-likeness (QED) is 0.409. The molecule has 1 amide bonds. The number of amides is 1. The molecule has 0 bridgehead atoms. The van der Waals surface area contributed by atoms with Gasteiger partial charge in [-0.1, -0.05) is 49.6 Å². The van der Waals surface area contributed by atoms with Crippen LogP contribution in [0.15, 0.2) is 30.3 Å². The van der Waals surface area contributed by atoms with Crippen molar-refractivity contribution < 1.29 is 27.5 Å². The van der Waals surface area contributed by atoms with Crippen LogP contribution in [0.5, 0.6) is 0 Å². The summed E-state index contributed by atoms with van der Waals surface area (Å²) in [5.74, 6) is -0.148. The molecule has 0 aliphatic carbocycles. The lowest BCUT2D eigenvalue weighted by Crippen LogP contribution is -2.38. The highest BCUT2D eigenvalue weighted by atomic mass is 32.2. The molecule has 1 saturated heterocycles. The first-order valence-corrected chi connectivity index (χ1v) is 12.6. The highest BCUT2D eigenvalue weighted by Gasteiger charge is 2.30. The number of hydrogen-bond acceptors (Lipinski definition) is 6. The fourth-order valence-electron chi connectivity index (χ4n) is 3.72. The van der Waals surface area contributed by atoms with Crippen molar-refractivity contribution in [1.29, 1.82) is 0 Å². The van der Waals surface area contributed by atoms with Crippen molar-refractivity contribution in [2.75, 3.05) is 26.0 Å². The summed E-state index contributed by atoms with van der Waals surface area (Å²) in [6, 6.07) is 9.61. The highest BCUT2D eigenvalue weighted by molar-refractivity contribution is 7.92. The summed E-state index contributed by atoms with van der Waals surface area (Å²) in [4.78, 5) is 25.9. The number of ether oxygens (including phenoxy) is 2. The van der Waals surface area contributed by atoms with Gasteiger partial charge in [0.25, 0.3) is 0 Å².